The van der Waals surface area contributed by atoms with E-state index in [1.807, 2.05) is 0 Å². The Balaban J connectivity index is 1.66. The number of ether oxygens (including phenoxy) is 1. The summed E-state index contributed by atoms with van der Waals surface area (Å²) in [6.07, 6.45) is 5.17. The normalized spacial score (nSPS) is 15.3. The number of aromatic nitrogens is 3. The molecule has 6 nitrogen and oxygen atoms in total. The Bertz CT molecular complexity index is 917. The molecule has 1 saturated heterocycles. The molecule has 0 bridgehead atoms. The van der Waals surface area contributed by atoms with Crippen LogP contribution in [0.3, 0.4) is 0 Å². The van der Waals surface area contributed by atoms with Gasteiger partial charge in [0.25, 0.3) is 5.91 Å². The van der Waals surface area contributed by atoms with Crippen LogP contribution in [0.1, 0.15) is 23.5 Å². The van der Waals surface area contributed by atoms with Crippen LogP contribution in [-0.2, 0) is 4.74 Å². The number of nitrogens with zero attached hydrogens (tertiary/aromatic N) is 3. The predicted octanol–water partition coefficient (Wildman–Crippen LogP) is 2.72. The fourth-order valence-electron chi connectivity index (χ4n) is 3.19. The van der Waals surface area contributed by atoms with Gasteiger partial charge in [0.15, 0.2) is 0 Å². The van der Waals surface area contributed by atoms with Crippen LogP contribution in [0.4, 0.5) is 4.39 Å². The third-order valence-electron chi connectivity index (χ3n) is 4.64. The minimum absolute atomic E-state index is 0.253. The Kier molecular flexibility index (Phi) is 4.62. The summed E-state index contributed by atoms with van der Waals surface area (Å²) in [6.45, 7) is 2.06. The highest BCUT2D eigenvalue weighted by atomic mass is 19.1. The first-order valence-corrected chi connectivity index (χ1v) is 8.67. The van der Waals surface area contributed by atoms with E-state index in [4.69, 9.17) is 4.74 Å². The Hall–Kier alpha value is -2.80. The van der Waals surface area contributed by atoms with Gasteiger partial charge in [-0.05, 0) is 49.1 Å². The first kappa shape index (κ1) is 16.7. The third kappa shape index (κ3) is 3.30. The maximum Gasteiger partial charge on any atom is 0.287 e. The van der Waals surface area contributed by atoms with Crippen molar-refractivity contribution in [2.75, 3.05) is 19.8 Å². The Labute approximate surface area is 150 Å². The number of pyridine rings is 1. The number of fused-ring (bicyclic) bond motifs is 1. The summed E-state index contributed by atoms with van der Waals surface area (Å²) < 4.78 is 20.4. The van der Waals surface area contributed by atoms with Gasteiger partial charge < -0.3 is 10.1 Å². The first-order chi connectivity index (χ1) is 12.7. The number of halogens is 1. The zero-order valence-corrected chi connectivity index (χ0v) is 14.2. The van der Waals surface area contributed by atoms with Crippen molar-refractivity contribution in [2.24, 2.45) is 5.92 Å². The lowest BCUT2D eigenvalue weighted by molar-refractivity contribution is 0.0641. The Morgan fingerprint density at radius 1 is 1.23 bits per heavy atom. The number of nitrogens with one attached hydrogen (secondary N) is 1. The van der Waals surface area contributed by atoms with Crippen LogP contribution in [0.25, 0.3) is 16.7 Å². The molecule has 134 valence electrons. The second-order valence-electron chi connectivity index (χ2n) is 6.38. The second kappa shape index (κ2) is 7.21. The maximum atomic E-state index is 13.3. The Morgan fingerprint density at radius 3 is 2.77 bits per heavy atom. The minimum Gasteiger partial charge on any atom is -0.381 e. The second-order valence-corrected chi connectivity index (χ2v) is 6.38. The van der Waals surface area contributed by atoms with Gasteiger partial charge in [-0.3, -0.25) is 14.3 Å². The van der Waals surface area contributed by atoms with E-state index in [0.717, 1.165) is 26.1 Å². The molecule has 1 amide bonds. The predicted molar refractivity (Wildman–Crippen MR) is 94.7 cm³/mol. The Morgan fingerprint density at radius 2 is 2.00 bits per heavy atom. The number of benzene rings is 1. The van der Waals surface area contributed by atoms with Gasteiger partial charge in [0, 0.05) is 31.6 Å². The average molecular weight is 354 g/mol. The highest BCUT2D eigenvalue weighted by Gasteiger charge is 2.21. The van der Waals surface area contributed by atoms with Crippen molar-refractivity contribution in [1.82, 2.24) is 19.9 Å². The molecule has 1 aromatic carbocycles. The fraction of sp³-hybridized carbons (Fsp3) is 0.316. The van der Waals surface area contributed by atoms with Gasteiger partial charge in [0.1, 0.15) is 5.82 Å². The number of imidazole rings is 1. The standard InChI is InChI=1S/C19H19FN4O2/c20-14-1-3-15(4-2-14)24-17-12-21-8-5-16(17)23-18(24)19(25)22-11-13-6-9-26-10-7-13/h1-5,8,12-13H,6-7,9-11H2,(H,22,25). The molecule has 1 aliphatic rings. The molecule has 0 spiro atoms. The quantitative estimate of drug-likeness (QED) is 0.782. The van der Waals surface area contributed by atoms with Crippen molar-refractivity contribution >= 4 is 16.9 Å². The van der Waals surface area contributed by atoms with Crippen LogP contribution in [0.5, 0.6) is 0 Å². The zero-order valence-electron chi connectivity index (χ0n) is 14.2. The summed E-state index contributed by atoms with van der Waals surface area (Å²) >= 11 is 0. The van der Waals surface area contributed by atoms with Crippen LogP contribution in [0, 0.1) is 11.7 Å². The van der Waals surface area contributed by atoms with E-state index < -0.39 is 0 Å². The number of carbonyl (C=O) groups is 1. The lowest BCUT2D eigenvalue weighted by Crippen LogP contribution is -2.33. The van der Waals surface area contributed by atoms with Gasteiger partial charge in [-0.1, -0.05) is 0 Å². The van der Waals surface area contributed by atoms with Gasteiger partial charge in [0.05, 0.1) is 17.2 Å². The highest BCUT2D eigenvalue weighted by Crippen LogP contribution is 2.21. The van der Waals surface area contributed by atoms with Crippen LogP contribution < -0.4 is 5.32 Å². The summed E-state index contributed by atoms with van der Waals surface area (Å²) in [4.78, 5) is 21.4. The average Bonchev–Trinajstić information content (AvgIpc) is 3.07. The number of amides is 1. The van der Waals surface area contributed by atoms with E-state index in [0.29, 0.717) is 29.2 Å². The van der Waals surface area contributed by atoms with E-state index in [-0.39, 0.29) is 17.5 Å². The summed E-state index contributed by atoms with van der Waals surface area (Å²) in [5.74, 6) is 0.100. The van der Waals surface area contributed by atoms with E-state index >= 15 is 0 Å². The van der Waals surface area contributed by atoms with E-state index in [9.17, 15) is 9.18 Å². The monoisotopic (exact) mass is 354 g/mol. The summed E-state index contributed by atoms with van der Waals surface area (Å²) in [5.41, 5.74) is 2.04. The van der Waals surface area contributed by atoms with E-state index in [1.165, 1.54) is 12.1 Å². The van der Waals surface area contributed by atoms with Crippen LogP contribution in [-0.4, -0.2) is 40.2 Å². The van der Waals surface area contributed by atoms with Gasteiger partial charge in [-0.25, -0.2) is 9.37 Å². The molecule has 0 aliphatic carbocycles. The number of carbonyl (C=O) groups excluding carboxylic acids is 1. The number of hydrogen-bond donors (Lipinski definition) is 1. The number of rotatable bonds is 4. The number of hydrogen-bond acceptors (Lipinski definition) is 4. The molecule has 0 atom stereocenters. The van der Waals surface area contributed by atoms with E-state index in [1.54, 1.807) is 35.2 Å². The molecule has 0 saturated carbocycles. The van der Waals surface area contributed by atoms with Crippen molar-refractivity contribution in [3.05, 3.63) is 54.4 Å². The first-order valence-electron chi connectivity index (χ1n) is 8.67. The largest absolute Gasteiger partial charge is 0.381 e. The molecule has 7 heteroatoms. The van der Waals surface area contributed by atoms with E-state index in [2.05, 4.69) is 15.3 Å². The lowest BCUT2D eigenvalue weighted by atomic mass is 10.0. The molecular weight excluding hydrogens is 335 g/mol. The molecule has 1 N–H and O–H groups in total. The maximum absolute atomic E-state index is 13.3. The molecule has 0 radical (unpaired) electrons. The molecule has 4 rings (SSSR count). The van der Waals surface area contributed by atoms with Crippen LogP contribution in [0.2, 0.25) is 0 Å². The topological polar surface area (TPSA) is 69.0 Å². The molecular formula is C19H19FN4O2. The molecule has 1 aliphatic heterocycles. The van der Waals surface area contributed by atoms with Gasteiger partial charge in [0.2, 0.25) is 5.82 Å². The smallest absolute Gasteiger partial charge is 0.287 e. The molecule has 3 heterocycles. The lowest BCUT2D eigenvalue weighted by Gasteiger charge is -2.22. The molecule has 3 aromatic rings. The highest BCUT2D eigenvalue weighted by molar-refractivity contribution is 5.95. The summed E-state index contributed by atoms with van der Waals surface area (Å²) in [6, 6.07) is 7.73. The van der Waals surface area contributed by atoms with Crippen molar-refractivity contribution in [1.29, 1.82) is 0 Å². The van der Waals surface area contributed by atoms with Crippen molar-refractivity contribution in [3.8, 4) is 5.69 Å². The molecule has 2 aromatic heterocycles. The summed E-state index contributed by atoms with van der Waals surface area (Å²) in [7, 11) is 0. The van der Waals surface area contributed by atoms with Gasteiger partial charge in [-0.2, -0.15) is 0 Å². The van der Waals surface area contributed by atoms with Gasteiger partial charge in [-0.15, -0.1) is 0 Å². The van der Waals surface area contributed by atoms with Crippen molar-refractivity contribution < 1.29 is 13.9 Å². The van der Waals surface area contributed by atoms with Crippen LogP contribution >= 0.6 is 0 Å². The molecule has 0 unspecified atom stereocenters. The third-order valence-corrected chi connectivity index (χ3v) is 4.64. The van der Waals surface area contributed by atoms with Crippen molar-refractivity contribution in [2.45, 2.75) is 12.8 Å². The molecule has 26 heavy (non-hydrogen) atoms. The molecule has 1 fully saturated rings. The van der Waals surface area contributed by atoms with Crippen LogP contribution in [0.15, 0.2) is 42.7 Å². The zero-order chi connectivity index (χ0) is 17.9. The fourth-order valence-corrected chi connectivity index (χ4v) is 3.19. The SMILES string of the molecule is O=C(NCC1CCOCC1)c1nc2ccncc2n1-c1ccc(F)cc1. The summed E-state index contributed by atoms with van der Waals surface area (Å²) in [5, 5.41) is 2.98. The van der Waals surface area contributed by atoms with Crippen molar-refractivity contribution in [3.63, 3.8) is 0 Å². The minimum atomic E-state index is -0.332. The van der Waals surface area contributed by atoms with Gasteiger partial charge >= 0.3 is 0 Å².